The van der Waals surface area contributed by atoms with Gasteiger partial charge >= 0.3 is 0 Å². The van der Waals surface area contributed by atoms with Gasteiger partial charge in [0.1, 0.15) is 11.9 Å². The lowest BCUT2D eigenvalue weighted by atomic mass is 9.69. The summed E-state index contributed by atoms with van der Waals surface area (Å²) in [5.74, 6) is 1.05. The van der Waals surface area contributed by atoms with Crippen LogP contribution < -0.4 is 10.5 Å². The Hall–Kier alpha value is -1.02. The smallest absolute Gasteiger partial charge is 0.123 e. The lowest BCUT2D eigenvalue weighted by Crippen LogP contribution is -2.33. The zero-order valence-corrected chi connectivity index (χ0v) is 12.1. The topological polar surface area (TPSA) is 35.2 Å². The molecule has 2 aliphatic rings. The zero-order chi connectivity index (χ0) is 13.5. The van der Waals surface area contributed by atoms with Gasteiger partial charge in [0.25, 0.3) is 0 Å². The summed E-state index contributed by atoms with van der Waals surface area (Å²) in [5, 5.41) is 0. The molecule has 0 radical (unpaired) electrons. The Kier molecular flexibility index (Phi) is 3.30. The van der Waals surface area contributed by atoms with Crippen LogP contribution in [0.3, 0.4) is 0 Å². The summed E-state index contributed by atoms with van der Waals surface area (Å²) < 4.78 is 5.77. The maximum Gasteiger partial charge on any atom is 0.123 e. The van der Waals surface area contributed by atoms with E-state index in [1.54, 1.807) is 0 Å². The van der Waals surface area contributed by atoms with Crippen molar-refractivity contribution in [2.24, 2.45) is 11.1 Å². The van der Waals surface area contributed by atoms with Gasteiger partial charge in [-0.25, -0.2) is 0 Å². The maximum absolute atomic E-state index is 6.59. The van der Waals surface area contributed by atoms with E-state index in [9.17, 15) is 0 Å². The average Bonchev–Trinajstić information content (AvgIpc) is 2.77. The van der Waals surface area contributed by atoms with Crippen LogP contribution in [0.25, 0.3) is 0 Å². The zero-order valence-electron chi connectivity index (χ0n) is 12.1. The van der Waals surface area contributed by atoms with Gasteiger partial charge in [0, 0.05) is 12.5 Å². The van der Waals surface area contributed by atoms with Crippen molar-refractivity contribution < 1.29 is 4.74 Å². The lowest BCUT2D eigenvalue weighted by molar-refractivity contribution is 0.170. The Bertz CT molecular complexity index is 462. The first kappa shape index (κ1) is 13.0. The van der Waals surface area contributed by atoms with Crippen LogP contribution in [-0.4, -0.2) is 6.10 Å². The molecule has 2 nitrogen and oxygen atoms in total. The number of nitrogens with two attached hydrogens (primary N) is 1. The molecule has 1 aromatic rings. The molecule has 0 saturated heterocycles. The van der Waals surface area contributed by atoms with E-state index in [0.717, 1.165) is 12.2 Å². The fraction of sp³-hybridized carbons (Fsp3) is 0.647. The van der Waals surface area contributed by atoms with Crippen molar-refractivity contribution >= 4 is 0 Å². The summed E-state index contributed by atoms with van der Waals surface area (Å²) in [6, 6.07) is 6.72. The largest absolute Gasteiger partial charge is 0.490 e. The molecule has 104 valence electrons. The van der Waals surface area contributed by atoms with E-state index >= 15 is 0 Å². The summed E-state index contributed by atoms with van der Waals surface area (Å²) >= 11 is 0. The van der Waals surface area contributed by atoms with E-state index in [2.05, 4.69) is 32.0 Å². The van der Waals surface area contributed by atoms with Crippen molar-refractivity contribution in [1.29, 1.82) is 0 Å². The van der Waals surface area contributed by atoms with E-state index in [-0.39, 0.29) is 11.5 Å². The molecular formula is C17H25NO. The number of hydrogen-bond donors (Lipinski definition) is 1. The van der Waals surface area contributed by atoms with Gasteiger partial charge in [0.15, 0.2) is 0 Å². The SMILES string of the molecule is CC1Cc2cc(C(N)C3(C)CCCCC3)ccc2O1. The summed E-state index contributed by atoms with van der Waals surface area (Å²) in [5.41, 5.74) is 9.49. The minimum atomic E-state index is 0.161. The Morgan fingerprint density at radius 1 is 1.26 bits per heavy atom. The van der Waals surface area contributed by atoms with E-state index in [4.69, 9.17) is 10.5 Å². The molecular weight excluding hydrogens is 234 g/mol. The van der Waals surface area contributed by atoms with Crippen LogP contribution in [0.15, 0.2) is 18.2 Å². The molecule has 0 spiro atoms. The van der Waals surface area contributed by atoms with Crippen LogP contribution in [0.2, 0.25) is 0 Å². The summed E-state index contributed by atoms with van der Waals surface area (Å²) in [6.45, 7) is 4.49. The van der Waals surface area contributed by atoms with Crippen molar-refractivity contribution in [2.45, 2.75) is 64.5 Å². The second-order valence-corrected chi connectivity index (χ2v) is 6.69. The van der Waals surface area contributed by atoms with Crippen LogP contribution in [-0.2, 0) is 6.42 Å². The second-order valence-electron chi connectivity index (χ2n) is 6.69. The third-order valence-corrected chi connectivity index (χ3v) is 5.03. The standard InChI is InChI=1S/C17H25NO/c1-12-10-14-11-13(6-7-15(14)19-12)16(18)17(2)8-4-3-5-9-17/h6-7,11-12,16H,3-5,8-10,18H2,1-2H3. The van der Waals surface area contributed by atoms with Crippen molar-refractivity contribution in [1.82, 2.24) is 0 Å². The molecule has 2 N–H and O–H groups in total. The molecule has 1 saturated carbocycles. The predicted molar refractivity (Wildman–Crippen MR) is 78.4 cm³/mol. The molecule has 19 heavy (non-hydrogen) atoms. The molecule has 0 aromatic heterocycles. The first-order valence-electron chi connectivity index (χ1n) is 7.63. The Morgan fingerprint density at radius 3 is 2.74 bits per heavy atom. The van der Waals surface area contributed by atoms with Crippen LogP contribution in [0.1, 0.15) is 63.1 Å². The molecule has 1 aromatic carbocycles. The number of hydrogen-bond acceptors (Lipinski definition) is 2. The minimum Gasteiger partial charge on any atom is -0.490 e. The van der Waals surface area contributed by atoms with E-state index in [0.29, 0.717) is 6.10 Å². The lowest BCUT2D eigenvalue weighted by Gasteiger charge is -2.39. The van der Waals surface area contributed by atoms with Gasteiger partial charge in [-0.15, -0.1) is 0 Å². The summed E-state index contributed by atoms with van der Waals surface area (Å²) in [4.78, 5) is 0. The molecule has 2 atom stereocenters. The number of benzene rings is 1. The Morgan fingerprint density at radius 2 is 2.00 bits per heavy atom. The maximum atomic E-state index is 6.59. The van der Waals surface area contributed by atoms with Gasteiger partial charge in [0.2, 0.25) is 0 Å². The normalized spacial score (nSPS) is 26.6. The third-order valence-electron chi connectivity index (χ3n) is 5.03. The molecule has 0 amide bonds. The number of fused-ring (bicyclic) bond motifs is 1. The first-order chi connectivity index (χ1) is 9.08. The molecule has 2 heteroatoms. The second kappa shape index (κ2) is 4.82. The van der Waals surface area contributed by atoms with Crippen molar-refractivity contribution in [3.8, 4) is 5.75 Å². The van der Waals surface area contributed by atoms with Gasteiger partial charge in [-0.3, -0.25) is 0 Å². The van der Waals surface area contributed by atoms with Crippen LogP contribution >= 0.6 is 0 Å². The van der Waals surface area contributed by atoms with E-state index in [1.165, 1.54) is 43.2 Å². The van der Waals surface area contributed by atoms with Crippen LogP contribution in [0, 0.1) is 5.41 Å². The average molecular weight is 259 g/mol. The fourth-order valence-corrected chi connectivity index (χ4v) is 3.71. The highest BCUT2D eigenvalue weighted by Gasteiger charge is 2.34. The van der Waals surface area contributed by atoms with Crippen LogP contribution in [0.4, 0.5) is 0 Å². The van der Waals surface area contributed by atoms with E-state index in [1.807, 2.05) is 0 Å². The fourth-order valence-electron chi connectivity index (χ4n) is 3.71. The molecule has 1 aliphatic carbocycles. The highest BCUT2D eigenvalue weighted by molar-refractivity contribution is 5.41. The van der Waals surface area contributed by atoms with E-state index < -0.39 is 0 Å². The van der Waals surface area contributed by atoms with Gasteiger partial charge in [0.05, 0.1) is 0 Å². The Balaban J connectivity index is 1.84. The molecule has 1 fully saturated rings. The molecule has 3 rings (SSSR count). The Labute approximate surface area is 116 Å². The van der Waals surface area contributed by atoms with Gasteiger partial charge < -0.3 is 10.5 Å². The number of ether oxygens (including phenoxy) is 1. The first-order valence-corrected chi connectivity index (χ1v) is 7.63. The van der Waals surface area contributed by atoms with Crippen molar-refractivity contribution in [3.05, 3.63) is 29.3 Å². The minimum absolute atomic E-state index is 0.161. The van der Waals surface area contributed by atoms with Gasteiger partial charge in [-0.05, 0) is 42.4 Å². The summed E-state index contributed by atoms with van der Waals surface area (Å²) in [7, 11) is 0. The van der Waals surface area contributed by atoms with Crippen molar-refractivity contribution in [2.75, 3.05) is 0 Å². The molecule has 1 heterocycles. The van der Waals surface area contributed by atoms with Gasteiger partial charge in [-0.2, -0.15) is 0 Å². The summed E-state index contributed by atoms with van der Waals surface area (Å²) in [6.07, 6.45) is 7.89. The molecule has 2 unspecified atom stereocenters. The molecule has 0 bridgehead atoms. The highest BCUT2D eigenvalue weighted by atomic mass is 16.5. The highest BCUT2D eigenvalue weighted by Crippen LogP contribution is 2.45. The van der Waals surface area contributed by atoms with Gasteiger partial charge in [-0.1, -0.05) is 38.3 Å². The quantitative estimate of drug-likeness (QED) is 0.872. The predicted octanol–water partition coefficient (Wildman–Crippen LogP) is 3.98. The monoisotopic (exact) mass is 259 g/mol. The van der Waals surface area contributed by atoms with Crippen LogP contribution in [0.5, 0.6) is 5.75 Å². The third kappa shape index (κ3) is 2.38. The van der Waals surface area contributed by atoms with Crippen molar-refractivity contribution in [3.63, 3.8) is 0 Å². The number of rotatable bonds is 2. The molecule has 1 aliphatic heterocycles.